The number of hydrogen-bond acceptors (Lipinski definition) is 5. The summed E-state index contributed by atoms with van der Waals surface area (Å²) in [4.78, 5) is 12.4. The van der Waals surface area contributed by atoms with Gasteiger partial charge in [-0.3, -0.25) is 4.79 Å². The van der Waals surface area contributed by atoms with Crippen LogP contribution in [0.3, 0.4) is 0 Å². The van der Waals surface area contributed by atoms with E-state index in [9.17, 15) is 9.18 Å². The first-order valence-corrected chi connectivity index (χ1v) is 8.74. The number of benzene rings is 2. The van der Waals surface area contributed by atoms with Crippen LogP contribution >= 0.6 is 0 Å². The molecule has 27 heavy (non-hydrogen) atoms. The summed E-state index contributed by atoms with van der Waals surface area (Å²) >= 11 is 0. The number of halogens is 1. The van der Waals surface area contributed by atoms with Crippen LogP contribution in [-0.2, 0) is 0 Å². The van der Waals surface area contributed by atoms with E-state index in [-0.39, 0.29) is 5.82 Å². The van der Waals surface area contributed by atoms with Crippen molar-refractivity contribution in [2.75, 3.05) is 19.8 Å². The Morgan fingerprint density at radius 3 is 2.22 bits per heavy atom. The van der Waals surface area contributed by atoms with Crippen molar-refractivity contribution in [1.82, 2.24) is 5.43 Å². The number of amides is 1. The normalized spacial score (nSPS) is 10.7. The molecular formula is C20H23FN2O4. The van der Waals surface area contributed by atoms with Crippen LogP contribution in [0.2, 0.25) is 0 Å². The Bertz CT molecular complexity index is 781. The fraction of sp³-hybridized carbons (Fsp3) is 0.300. The molecule has 0 radical (unpaired) electrons. The summed E-state index contributed by atoms with van der Waals surface area (Å²) in [5.41, 5.74) is 3.25. The molecule has 0 aliphatic rings. The number of hydrogen-bond donors (Lipinski definition) is 1. The van der Waals surface area contributed by atoms with Gasteiger partial charge >= 0.3 is 0 Å². The Morgan fingerprint density at radius 2 is 1.67 bits per heavy atom. The maximum absolute atomic E-state index is 13.2. The molecular weight excluding hydrogens is 351 g/mol. The number of ether oxygens (including phenoxy) is 3. The van der Waals surface area contributed by atoms with Crippen molar-refractivity contribution in [3.63, 3.8) is 0 Å². The van der Waals surface area contributed by atoms with Crippen molar-refractivity contribution in [2.24, 2.45) is 5.10 Å². The Kier molecular flexibility index (Phi) is 7.61. The van der Waals surface area contributed by atoms with E-state index >= 15 is 0 Å². The lowest BCUT2D eigenvalue weighted by molar-refractivity contribution is 0.0954. The zero-order chi connectivity index (χ0) is 19.6. The lowest BCUT2D eigenvalue weighted by Gasteiger charge is -2.16. The molecule has 2 rings (SSSR count). The molecule has 1 amide bonds. The van der Waals surface area contributed by atoms with Crippen molar-refractivity contribution in [1.29, 1.82) is 0 Å². The minimum absolute atomic E-state index is 0.307. The van der Waals surface area contributed by atoms with Crippen molar-refractivity contribution in [2.45, 2.75) is 20.8 Å². The Hall–Kier alpha value is -3.09. The van der Waals surface area contributed by atoms with Gasteiger partial charge in [0.05, 0.1) is 26.0 Å². The summed E-state index contributed by atoms with van der Waals surface area (Å²) in [6.45, 7) is 6.79. The number of nitrogens with zero attached hydrogens (tertiary/aromatic N) is 1. The highest BCUT2D eigenvalue weighted by atomic mass is 19.1. The monoisotopic (exact) mass is 374 g/mol. The van der Waals surface area contributed by atoms with Gasteiger partial charge in [0, 0.05) is 5.56 Å². The molecule has 0 unspecified atom stereocenters. The molecule has 0 saturated heterocycles. The minimum Gasteiger partial charge on any atom is -0.490 e. The van der Waals surface area contributed by atoms with Gasteiger partial charge in [-0.1, -0.05) is 12.1 Å². The van der Waals surface area contributed by atoms with E-state index in [2.05, 4.69) is 10.5 Å². The van der Waals surface area contributed by atoms with Gasteiger partial charge in [0.1, 0.15) is 5.82 Å². The van der Waals surface area contributed by atoms with E-state index in [4.69, 9.17) is 14.2 Å². The molecule has 6 nitrogen and oxygen atoms in total. The third-order valence-electron chi connectivity index (χ3n) is 3.40. The largest absolute Gasteiger partial charge is 0.490 e. The quantitative estimate of drug-likeness (QED) is 0.536. The van der Waals surface area contributed by atoms with Crippen LogP contribution in [0.25, 0.3) is 0 Å². The molecule has 0 aliphatic heterocycles. The first-order chi connectivity index (χ1) is 13.1. The first-order valence-electron chi connectivity index (χ1n) is 8.74. The van der Waals surface area contributed by atoms with Crippen LogP contribution in [0.15, 0.2) is 41.5 Å². The molecule has 2 aromatic carbocycles. The number of nitrogens with one attached hydrogen (secondary N) is 1. The third kappa shape index (κ3) is 5.70. The molecule has 0 fully saturated rings. The highest BCUT2D eigenvalue weighted by molar-refractivity contribution is 5.96. The van der Waals surface area contributed by atoms with E-state index in [0.29, 0.717) is 48.2 Å². The topological polar surface area (TPSA) is 69.2 Å². The molecule has 144 valence electrons. The van der Waals surface area contributed by atoms with Gasteiger partial charge in [0.15, 0.2) is 11.5 Å². The van der Waals surface area contributed by atoms with Crippen LogP contribution in [0.4, 0.5) is 4.39 Å². The van der Waals surface area contributed by atoms with E-state index in [1.807, 2.05) is 20.8 Å². The number of carbonyl (C=O) groups excluding carboxylic acids is 1. The van der Waals surface area contributed by atoms with Gasteiger partial charge in [-0.25, -0.2) is 9.82 Å². The second-order valence-electron chi connectivity index (χ2n) is 5.35. The smallest absolute Gasteiger partial charge is 0.271 e. The van der Waals surface area contributed by atoms with Crippen LogP contribution < -0.4 is 19.6 Å². The molecule has 0 aliphatic carbocycles. The molecule has 1 N–H and O–H groups in total. The van der Waals surface area contributed by atoms with E-state index in [0.717, 1.165) is 0 Å². The predicted octanol–water partition coefficient (Wildman–Crippen LogP) is 3.79. The fourth-order valence-corrected chi connectivity index (χ4v) is 2.34. The zero-order valence-electron chi connectivity index (χ0n) is 15.6. The van der Waals surface area contributed by atoms with Gasteiger partial charge < -0.3 is 14.2 Å². The molecule has 0 aromatic heterocycles. The second-order valence-corrected chi connectivity index (χ2v) is 5.35. The summed E-state index contributed by atoms with van der Waals surface area (Å²) in [5.74, 6) is 0.474. The maximum Gasteiger partial charge on any atom is 0.271 e. The standard InChI is InChI=1S/C20H23FN2O4/c1-4-25-17-11-15(12-18(26-5-2)19(17)27-6-3)20(24)23-22-13-14-8-7-9-16(21)10-14/h7-13H,4-6H2,1-3H3,(H,23,24)/b22-13+. The van der Waals surface area contributed by atoms with Crippen molar-refractivity contribution in [3.05, 3.63) is 53.3 Å². The average Bonchev–Trinajstić information content (AvgIpc) is 2.64. The average molecular weight is 374 g/mol. The van der Waals surface area contributed by atoms with Gasteiger partial charge in [-0.15, -0.1) is 0 Å². The molecule has 7 heteroatoms. The molecule has 2 aromatic rings. The van der Waals surface area contributed by atoms with Gasteiger partial charge in [-0.2, -0.15) is 5.10 Å². The van der Waals surface area contributed by atoms with Gasteiger partial charge in [-0.05, 0) is 50.6 Å². The Labute approximate surface area is 157 Å². The zero-order valence-corrected chi connectivity index (χ0v) is 15.6. The van der Waals surface area contributed by atoms with Crippen molar-refractivity contribution in [3.8, 4) is 17.2 Å². The summed E-state index contributed by atoms with van der Waals surface area (Å²) in [6.07, 6.45) is 1.36. The highest BCUT2D eigenvalue weighted by Gasteiger charge is 2.18. The van der Waals surface area contributed by atoms with Gasteiger partial charge in [0.2, 0.25) is 5.75 Å². The first kappa shape index (κ1) is 20.2. The number of rotatable bonds is 9. The lowest BCUT2D eigenvalue weighted by atomic mass is 10.1. The predicted molar refractivity (Wildman–Crippen MR) is 101 cm³/mol. The van der Waals surface area contributed by atoms with E-state index in [1.165, 1.54) is 18.3 Å². The van der Waals surface area contributed by atoms with E-state index in [1.54, 1.807) is 24.3 Å². The molecule has 0 saturated carbocycles. The Morgan fingerprint density at radius 1 is 1.04 bits per heavy atom. The highest BCUT2D eigenvalue weighted by Crippen LogP contribution is 2.39. The van der Waals surface area contributed by atoms with Crippen molar-refractivity contribution >= 4 is 12.1 Å². The maximum atomic E-state index is 13.2. The summed E-state index contributed by atoms with van der Waals surface area (Å²) < 4.78 is 30.0. The van der Waals surface area contributed by atoms with Crippen LogP contribution in [-0.4, -0.2) is 31.9 Å². The van der Waals surface area contributed by atoms with E-state index < -0.39 is 5.91 Å². The summed E-state index contributed by atoms with van der Waals surface area (Å²) in [6, 6.07) is 9.03. The van der Waals surface area contributed by atoms with Crippen LogP contribution in [0, 0.1) is 5.82 Å². The van der Waals surface area contributed by atoms with Crippen LogP contribution in [0.5, 0.6) is 17.2 Å². The Balaban J connectivity index is 2.23. The molecule has 0 atom stereocenters. The SMILES string of the molecule is CCOc1cc(C(=O)N/N=C/c2cccc(F)c2)cc(OCC)c1OCC. The summed E-state index contributed by atoms with van der Waals surface area (Å²) in [5, 5.41) is 3.87. The fourth-order valence-electron chi connectivity index (χ4n) is 2.34. The number of hydrazone groups is 1. The van der Waals surface area contributed by atoms with Crippen LogP contribution in [0.1, 0.15) is 36.7 Å². The lowest BCUT2D eigenvalue weighted by Crippen LogP contribution is -2.18. The molecule has 0 spiro atoms. The minimum atomic E-state index is -0.451. The molecule has 0 heterocycles. The summed E-state index contributed by atoms with van der Waals surface area (Å²) in [7, 11) is 0. The second kappa shape index (κ2) is 10.2. The number of carbonyl (C=O) groups is 1. The third-order valence-corrected chi connectivity index (χ3v) is 3.40. The van der Waals surface area contributed by atoms with Crippen molar-refractivity contribution < 1.29 is 23.4 Å². The van der Waals surface area contributed by atoms with Gasteiger partial charge in [0.25, 0.3) is 5.91 Å². The molecule has 0 bridgehead atoms.